The molecule has 0 atom stereocenters. The van der Waals surface area contributed by atoms with Crippen molar-refractivity contribution in [2.24, 2.45) is 0 Å². The molecule has 0 saturated heterocycles. The van der Waals surface area contributed by atoms with Crippen molar-refractivity contribution in [3.05, 3.63) is 24.3 Å². The van der Waals surface area contributed by atoms with E-state index in [1.807, 2.05) is 0 Å². The van der Waals surface area contributed by atoms with Crippen molar-refractivity contribution in [3.8, 4) is 0 Å². The first kappa shape index (κ1) is 19.4. The van der Waals surface area contributed by atoms with E-state index in [0.29, 0.717) is 5.69 Å². The van der Waals surface area contributed by atoms with Gasteiger partial charge in [0.05, 0.1) is 4.90 Å². The summed E-state index contributed by atoms with van der Waals surface area (Å²) in [6.07, 6.45) is 0. The molecule has 6 N–H and O–H groups in total. The van der Waals surface area contributed by atoms with Gasteiger partial charge in [-0.05, 0) is 24.3 Å². The second kappa shape index (κ2) is 7.18. The zero-order valence-corrected chi connectivity index (χ0v) is 10.3. The summed E-state index contributed by atoms with van der Waals surface area (Å²) < 4.78 is 31.0. The Bertz CT molecular complexity index is 349. The first-order valence-electron chi connectivity index (χ1n) is 2.81. The van der Waals surface area contributed by atoms with Crippen molar-refractivity contribution >= 4 is 15.8 Å². The van der Waals surface area contributed by atoms with E-state index in [0.717, 1.165) is 0 Å². The Balaban J connectivity index is -0.000000403. The quantitative estimate of drug-likeness (QED) is 0.295. The minimum absolute atomic E-state index is 0. The van der Waals surface area contributed by atoms with Crippen LogP contribution in [0.2, 0.25) is 0 Å². The number of nitrogen functional groups attached to an aromatic ring is 1. The van der Waals surface area contributed by atoms with Crippen molar-refractivity contribution < 1.29 is 53.5 Å². The fraction of sp³-hybridized carbons (Fsp3) is 0. The van der Waals surface area contributed by atoms with Crippen LogP contribution >= 0.6 is 0 Å². The number of anilines is 1. The maximum Gasteiger partial charge on any atom is 1.00 e. The molecule has 1 rings (SSSR count). The number of nitrogens with two attached hydrogens (primary N) is 1. The molecule has 0 amide bonds. The third-order valence-electron chi connectivity index (χ3n) is 1.17. The van der Waals surface area contributed by atoms with Gasteiger partial charge in [0, 0.05) is 5.69 Å². The molecule has 8 heteroatoms. The monoisotopic (exact) mass is 231 g/mol. The summed E-state index contributed by atoms with van der Waals surface area (Å²) >= 11 is 0. The Morgan fingerprint density at radius 3 is 1.71 bits per heavy atom. The SMILES string of the molecule is Nc1ccc(S(=O)(=O)[O-])cc1.O.O.[Na+]. The van der Waals surface area contributed by atoms with Gasteiger partial charge in [0.25, 0.3) is 0 Å². The van der Waals surface area contributed by atoms with Crippen LogP contribution in [0.25, 0.3) is 0 Å². The second-order valence-corrected chi connectivity index (χ2v) is 3.40. The first-order valence-corrected chi connectivity index (χ1v) is 4.22. The third kappa shape index (κ3) is 5.55. The molecular weight excluding hydrogens is 221 g/mol. The van der Waals surface area contributed by atoms with Crippen LogP contribution in [0.3, 0.4) is 0 Å². The van der Waals surface area contributed by atoms with Gasteiger partial charge in [-0.2, -0.15) is 0 Å². The maximum absolute atomic E-state index is 10.3. The van der Waals surface area contributed by atoms with Crippen molar-refractivity contribution in [1.82, 2.24) is 0 Å². The summed E-state index contributed by atoms with van der Waals surface area (Å²) in [5, 5.41) is 0. The van der Waals surface area contributed by atoms with Crippen LogP contribution in [0.15, 0.2) is 29.2 Å². The van der Waals surface area contributed by atoms with Gasteiger partial charge in [-0.15, -0.1) is 0 Å². The Labute approximate surface area is 104 Å². The van der Waals surface area contributed by atoms with E-state index in [-0.39, 0.29) is 45.4 Å². The molecule has 1 aromatic rings. The summed E-state index contributed by atoms with van der Waals surface area (Å²) in [7, 11) is -4.33. The minimum Gasteiger partial charge on any atom is -0.744 e. The van der Waals surface area contributed by atoms with Crippen molar-refractivity contribution in [2.75, 3.05) is 5.73 Å². The summed E-state index contributed by atoms with van der Waals surface area (Å²) in [6, 6.07) is 5.09. The van der Waals surface area contributed by atoms with Crippen LogP contribution in [0.1, 0.15) is 0 Å². The molecule has 0 saturated carbocycles. The Morgan fingerprint density at radius 2 is 1.43 bits per heavy atom. The van der Waals surface area contributed by atoms with Crippen molar-refractivity contribution in [1.29, 1.82) is 0 Å². The molecule has 0 radical (unpaired) electrons. The van der Waals surface area contributed by atoms with Gasteiger partial charge < -0.3 is 21.2 Å². The van der Waals surface area contributed by atoms with Crippen LogP contribution in [0.5, 0.6) is 0 Å². The number of rotatable bonds is 1. The normalized spacial score (nSPS) is 8.93. The van der Waals surface area contributed by atoms with E-state index in [1.54, 1.807) is 0 Å². The fourth-order valence-electron chi connectivity index (χ4n) is 0.634. The third-order valence-corrected chi connectivity index (χ3v) is 2.02. The predicted molar refractivity (Wildman–Crippen MR) is 46.0 cm³/mol. The molecule has 76 valence electrons. The molecule has 0 heterocycles. The average molecular weight is 231 g/mol. The van der Waals surface area contributed by atoms with Crippen LogP contribution < -0.4 is 35.3 Å². The molecule has 0 aliphatic rings. The number of hydrogen-bond donors (Lipinski definition) is 1. The summed E-state index contributed by atoms with van der Waals surface area (Å²) in [5.74, 6) is 0. The zero-order valence-electron chi connectivity index (χ0n) is 7.52. The van der Waals surface area contributed by atoms with Gasteiger partial charge in [0.15, 0.2) is 0 Å². The molecule has 14 heavy (non-hydrogen) atoms. The van der Waals surface area contributed by atoms with E-state index < -0.39 is 10.1 Å². The van der Waals surface area contributed by atoms with Gasteiger partial charge in [0.1, 0.15) is 10.1 Å². The first-order chi connectivity index (χ1) is 5.00. The van der Waals surface area contributed by atoms with E-state index in [4.69, 9.17) is 5.73 Å². The van der Waals surface area contributed by atoms with Gasteiger partial charge >= 0.3 is 29.6 Å². The summed E-state index contributed by atoms with van der Waals surface area (Å²) in [5.41, 5.74) is 5.70. The van der Waals surface area contributed by atoms with Crippen LogP contribution in [0.4, 0.5) is 5.69 Å². The van der Waals surface area contributed by atoms with Gasteiger partial charge in [-0.1, -0.05) is 0 Å². The zero-order chi connectivity index (χ0) is 8.48. The number of benzene rings is 1. The van der Waals surface area contributed by atoms with Crippen LogP contribution in [-0.2, 0) is 10.1 Å². The van der Waals surface area contributed by atoms with Crippen molar-refractivity contribution in [2.45, 2.75) is 4.90 Å². The fourth-order valence-corrected chi connectivity index (χ4v) is 1.10. The average Bonchev–Trinajstić information content (AvgIpc) is 1.86. The number of hydrogen-bond acceptors (Lipinski definition) is 4. The Morgan fingerprint density at radius 1 is 1.07 bits per heavy atom. The minimum atomic E-state index is -4.33. The van der Waals surface area contributed by atoms with E-state index in [9.17, 15) is 13.0 Å². The molecule has 6 nitrogen and oxygen atoms in total. The molecule has 1 aromatic carbocycles. The molecule has 0 bridgehead atoms. The summed E-state index contributed by atoms with van der Waals surface area (Å²) in [6.45, 7) is 0. The molecule has 0 spiro atoms. The van der Waals surface area contributed by atoms with Gasteiger partial charge in [-0.3, -0.25) is 0 Å². The molecular formula is C6H10NNaO5S. The Kier molecular flexibility index (Phi) is 9.97. The second-order valence-electron chi connectivity index (χ2n) is 2.02. The summed E-state index contributed by atoms with van der Waals surface area (Å²) in [4.78, 5) is -0.258. The molecule has 0 aromatic heterocycles. The van der Waals surface area contributed by atoms with E-state index >= 15 is 0 Å². The predicted octanol–water partition coefficient (Wildman–Crippen LogP) is -4.47. The molecule has 0 aliphatic carbocycles. The smallest absolute Gasteiger partial charge is 0.744 e. The van der Waals surface area contributed by atoms with Crippen LogP contribution in [0, 0.1) is 0 Å². The molecule has 0 unspecified atom stereocenters. The van der Waals surface area contributed by atoms with E-state index in [1.165, 1.54) is 24.3 Å². The maximum atomic E-state index is 10.3. The molecule has 0 fully saturated rings. The van der Waals surface area contributed by atoms with Crippen molar-refractivity contribution in [3.63, 3.8) is 0 Å². The largest absolute Gasteiger partial charge is 1.00 e. The Hall–Kier alpha value is -0.150. The van der Waals surface area contributed by atoms with Crippen LogP contribution in [-0.4, -0.2) is 23.9 Å². The standard InChI is InChI=1S/C6H7NO3S.Na.2H2O/c7-5-1-3-6(4-2-5)11(8,9)10;;;/h1-4H,7H2,(H,8,9,10);;2*1H2/q;+1;;/p-1. The van der Waals surface area contributed by atoms with Gasteiger partial charge in [-0.25, -0.2) is 8.42 Å². The van der Waals surface area contributed by atoms with Gasteiger partial charge in [0.2, 0.25) is 0 Å². The molecule has 0 aliphatic heterocycles. The topological polar surface area (TPSA) is 146 Å². The van der Waals surface area contributed by atoms with E-state index in [2.05, 4.69) is 0 Å².